The Morgan fingerprint density at radius 1 is 1.25 bits per heavy atom. The summed E-state index contributed by atoms with van der Waals surface area (Å²) in [6, 6.07) is 10.0. The van der Waals surface area contributed by atoms with Gasteiger partial charge in [-0.3, -0.25) is 0 Å². The second kappa shape index (κ2) is 4.20. The van der Waals surface area contributed by atoms with Gasteiger partial charge >= 0.3 is 5.97 Å². The maximum absolute atomic E-state index is 11.0. The fourth-order valence-corrected chi connectivity index (χ4v) is 1.61. The predicted molar refractivity (Wildman–Crippen MR) is 58.6 cm³/mol. The van der Waals surface area contributed by atoms with Gasteiger partial charge in [-0.1, -0.05) is 12.1 Å². The summed E-state index contributed by atoms with van der Waals surface area (Å²) in [6.45, 7) is -0.399. The van der Waals surface area contributed by atoms with E-state index in [1.165, 1.54) is 0 Å². The molecule has 82 valence electrons. The summed E-state index contributed by atoms with van der Waals surface area (Å²) >= 11 is 0. The fourth-order valence-electron chi connectivity index (χ4n) is 1.61. The van der Waals surface area contributed by atoms with E-state index in [1.807, 2.05) is 0 Å². The van der Waals surface area contributed by atoms with Crippen molar-refractivity contribution in [3.63, 3.8) is 0 Å². The van der Waals surface area contributed by atoms with Gasteiger partial charge in [0, 0.05) is 0 Å². The fraction of sp³-hybridized carbons (Fsp3) is 0.0833. The highest BCUT2D eigenvalue weighted by atomic mass is 16.6. The zero-order valence-corrected chi connectivity index (χ0v) is 8.38. The van der Waals surface area contributed by atoms with Crippen LogP contribution in [0.25, 0.3) is 10.8 Å². The predicted octanol–water partition coefficient (Wildman–Crippen LogP) is 1.87. The van der Waals surface area contributed by atoms with Crippen LogP contribution in [0.1, 0.15) is 10.4 Å². The lowest BCUT2D eigenvalue weighted by Crippen LogP contribution is -1.98. The van der Waals surface area contributed by atoms with Crippen LogP contribution >= 0.6 is 0 Å². The van der Waals surface area contributed by atoms with Crippen molar-refractivity contribution in [2.45, 2.75) is 0 Å². The normalized spacial score (nSPS) is 10.3. The number of rotatable bonds is 3. The minimum Gasteiger partial charge on any atom is -0.478 e. The molecule has 0 radical (unpaired) electrons. The minimum atomic E-state index is -0.957. The average molecular weight is 218 g/mol. The van der Waals surface area contributed by atoms with Gasteiger partial charge in [0.2, 0.25) is 0 Å². The summed E-state index contributed by atoms with van der Waals surface area (Å²) in [6.07, 6.45) is 0. The van der Waals surface area contributed by atoms with Crippen molar-refractivity contribution < 1.29 is 19.7 Å². The van der Waals surface area contributed by atoms with E-state index in [9.17, 15) is 4.79 Å². The van der Waals surface area contributed by atoms with E-state index in [4.69, 9.17) is 14.9 Å². The Labute approximate surface area is 91.7 Å². The topological polar surface area (TPSA) is 66.8 Å². The second-order valence-corrected chi connectivity index (χ2v) is 3.27. The third kappa shape index (κ3) is 1.83. The SMILES string of the molecule is O=C(O)c1cccc2cc(OCO)ccc12. The Bertz CT molecular complexity index is 534. The Morgan fingerprint density at radius 3 is 2.75 bits per heavy atom. The Morgan fingerprint density at radius 2 is 2.06 bits per heavy atom. The van der Waals surface area contributed by atoms with Crippen LogP contribution in [0.2, 0.25) is 0 Å². The molecule has 0 aliphatic heterocycles. The number of carboxylic acids is 1. The number of hydrogen-bond donors (Lipinski definition) is 2. The van der Waals surface area contributed by atoms with Crippen LogP contribution in [0.4, 0.5) is 0 Å². The van der Waals surface area contributed by atoms with Gasteiger partial charge in [0.15, 0.2) is 6.79 Å². The summed E-state index contributed by atoms with van der Waals surface area (Å²) in [5, 5.41) is 19.0. The van der Waals surface area contributed by atoms with Gasteiger partial charge in [-0.15, -0.1) is 0 Å². The quantitative estimate of drug-likeness (QED) is 0.772. The first-order valence-corrected chi connectivity index (χ1v) is 4.72. The number of aliphatic hydroxyl groups excluding tert-OH is 1. The zero-order valence-electron chi connectivity index (χ0n) is 8.38. The molecule has 4 heteroatoms. The van der Waals surface area contributed by atoms with Crippen molar-refractivity contribution in [1.82, 2.24) is 0 Å². The van der Waals surface area contributed by atoms with Crippen molar-refractivity contribution >= 4 is 16.7 Å². The van der Waals surface area contributed by atoms with E-state index in [1.54, 1.807) is 36.4 Å². The summed E-state index contributed by atoms with van der Waals surface area (Å²) in [5.74, 6) is -0.445. The summed E-state index contributed by atoms with van der Waals surface area (Å²) < 4.78 is 4.92. The van der Waals surface area contributed by atoms with Gasteiger partial charge in [-0.05, 0) is 35.0 Å². The molecular formula is C12H10O4. The molecule has 0 aromatic heterocycles. The molecule has 16 heavy (non-hydrogen) atoms. The van der Waals surface area contributed by atoms with Crippen LogP contribution in [-0.2, 0) is 0 Å². The molecule has 4 nitrogen and oxygen atoms in total. The lowest BCUT2D eigenvalue weighted by atomic mass is 10.0. The van der Waals surface area contributed by atoms with Crippen LogP contribution in [-0.4, -0.2) is 23.0 Å². The Kier molecular flexibility index (Phi) is 2.74. The largest absolute Gasteiger partial charge is 0.478 e. The molecule has 0 atom stereocenters. The number of aliphatic hydroxyl groups is 1. The number of fused-ring (bicyclic) bond motifs is 1. The molecule has 2 N–H and O–H groups in total. The maximum atomic E-state index is 11.0. The lowest BCUT2D eigenvalue weighted by Gasteiger charge is -2.05. The van der Waals surface area contributed by atoms with Gasteiger partial charge < -0.3 is 14.9 Å². The van der Waals surface area contributed by atoms with Crippen LogP contribution in [0.15, 0.2) is 36.4 Å². The number of aromatic carboxylic acids is 1. The highest BCUT2D eigenvalue weighted by molar-refractivity contribution is 6.03. The average Bonchev–Trinajstić information content (AvgIpc) is 2.28. The number of carboxylic acid groups (broad SMARTS) is 1. The molecule has 0 saturated carbocycles. The Hall–Kier alpha value is -2.07. The molecule has 0 aliphatic rings. The number of ether oxygens (including phenoxy) is 1. The van der Waals surface area contributed by atoms with E-state index >= 15 is 0 Å². The summed E-state index contributed by atoms with van der Waals surface area (Å²) in [4.78, 5) is 11.0. The van der Waals surface area contributed by atoms with Crippen molar-refractivity contribution in [2.24, 2.45) is 0 Å². The molecule has 0 aliphatic carbocycles. The van der Waals surface area contributed by atoms with Gasteiger partial charge in [0.25, 0.3) is 0 Å². The van der Waals surface area contributed by atoms with Crippen molar-refractivity contribution in [2.75, 3.05) is 6.79 Å². The van der Waals surface area contributed by atoms with Crippen molar-refractivity contribution in [3.8, 4) is 5.75 Å². The molecule has 0 bridgehead atoms. The van der Waals surface area contributed by atoms with Crippen LogP contribution in [0.5, 0.6) is 5.75 Å². The molecular weight excluding hydrogens is 208 g/mol. The number of carbonyl (C=O) groups is 1. The summed E-state index contributed by atoms with van der Waals surface area (Å²) in [5.41, 5.74) is 0.257. The molecule has 0 spiro atoms. The van der Waals surface area contributed by atoms with Crippen molar-refractivity contribution in [1.29, 1.82) is 0 Å². The summed E-state index contributed by atoms with van der Waals surface area (Å²) in [7, 11) is 0. The van der Waals surface area contributed by atoms with E-state index < -0.39 is 12.8 Å². The molecule has 0 unspecified atom stereocenters. The smallest absolute Gasteiger partial charge is 0.336 e. The van der Waals surface area contributed by atoms with E-state index in [2.05, 4.69) is 0 Å². The molecule has 2 rings (SSSR count). The van der Waals surface area contributed by atoms with Gasteiger partial charge in [0.05, 0.1) is 5.56 Å². The highest BCUT2D eigenvalue weighted by Crippen LogP contribution is 2.23. The van der Waals surface area contributed by atoms with Gasteiger partial charge in [-0.2, -0.15) is 0 Å². The molecule has 0 heterocycles. The van der Waals surface area contributed by atoms with Crippen LogP contribution < -0.4 is 4.74 Å². The molecule has 0 amide bonds. The standard InChI is InChI=1S/C12H10O4/c13-7-16-9-4-5-10-8(6-9)2-1-3-11(10)12(14)15/h1-6,13H,7H2,(H,14,15). The van der Waals surface area contributed by atoms with E-state index in [0.717, 1.165) is 5.39 Å². The van der Waals surface area contributed by atoms with E-state index in [0.29, 0.717) is 11.1 Å². The van der Waals surface area contributed by atoms with E-state index in [-0.39, 0.29) is 5.56 Å². The zero-order chi connectivity index (χ0) is 11.5. The van der Waals surface area contributed by atoms with Gasteiger partial charge in [-0.25, -0.2) is 4.79 Å². The molecule has 2 aromatic carbocycles. The first kappa shape index (κ1) is 10.4. The highest BCUT2D eigenvalue weighted by Gasteiger charge is 2.07. The maximum Gasteiger partial charge on any atom is 0.336 e. The second-order valence-electron chi connectivity index (χ2n) is 3.27. The third-order valence-electron chi connectivity index (χ3n) is 2.31. The molecule has 2 aromatic rings. The Balaban J connectivity index is 2.59. The first-order chi connectivity index (χ1) is 7.72. The first-order valence-electron chi connectivity index (χ1n) is 4.72. The molecule has 0 fully saturated rings. The minimum absolute atomic E-state index is 0.257. The van der Waals surface area contributed by atoms with Crippen LogP contribution in [0, 0.1) is 0 Å². The van der Waals surface area contributed by atoms with Crippen LogP contribution in [0.3, 0.4) is 0 Å². The third-order valence-corrected chi connectivity index (χ3v) is 2.31. The lowest BCUT2D eigenvalue weighted by molar-refractivity contribution is 0.0699. The van der Waals surface area contributed by atoms with Gasteiger partial charge in [0.1, 0.15) is 5.75 Å². The number of benzene rings is 2. The van der Waals surface area contributed by atoms with Crippen molar-refractivity contribution in [3.05, 3.63) is 42.0 Å². The number of hydrogen-bond acceptors (Lipinski definition) is 3. The molecule has 0 saturated heterocycles. The monoisotopic (exact) mass is 218 g/mol.